The fourth-order valence-corrected chi connectivity index (χ4v) is 4.94. The van der Waals surface area contributed by atoms with Crippen molar-refractivity contribution in [3.8, 4) is 34.1 Å². The molecule has 0 aliphatic heterocycles. The minimum atomic E-state index is -0.410. The molecular weight excluding hydrogens is 502 g/mol. The molecule has 3 rings (SSSR count). The van der Waals surface area contributed by atoms with E-state index in [1.807, 2.05) is 26.0 Å². The highest BCUT2D eigenvalue weighted by Crippen LogP contribution is 2.50. The Morgan fingerprint density at radius 3 is 2.23 bits per heavy atom. The number of ether oxygens (including phenoxy) is 5. The molecule has 0 fully saturated rings. The molecule has 1 amide bonds. The third-order valence-electron chi connectivity index (χ3n) is 6.71. The van der Waals surface area contributed by atoms with Gasteiger partial charge in [-0.1, -0.05) is 12.5 Å². The van der Waals surface area contributed by atoms with Crippen molar-refractivity contribution in [2.75, 3.05) is 28.4 Å². The predicted molar refractivity (Wildman–Crippen MR) is 148 cm³/mol. The number of carbonyl (C=O) groups excluding carboxylic acids is 2. The van der Waals surface area contributed by atoms with Crippen LogP contribution in [-0.2, 0) is 20.7 Å². The average molecular weight is 542 g/mol. The van der Waals surface area contributed by atoms with Gasteiger partial charge >= 0.3 is 5.97 Å². The van der Waals surface area contributed by atoms with Crippen LogP contribution in [0, 0.1) is 0 Å². The maximum Gasteiger partial charge on any atom is 0.306 e. The number of carbonyl (C=O) groups is 2. The van der Waals surface area contributed by atoms with Gasteiger partial charge < -0.3 is 29.0 Å². The first-order chi connectivity index (χ1) is 18.7. The summed E-state index contributed by atoms with van der Waals surface area (Å²) >= 11 is 0. The van der Waals surface area contributed by atoms with E-state index < -0.39 is 6.04 Å². The molecule has 1 N–H and O–H groups in total. The summed E-state index contributed by atoms with van der Waals surface area (Å²) < 4.78 is 27.4. The van der Waals surface area contributed by atoms with E-state index in [2.05, 4.69) is 5.32 Å². The van der Waals surface area contributed by atoms with Crippen molar-refractivity contribution in [3.05, 3.63) is 45.6 Å². The van der Waals surface area contributed by atoms with Crippen LogP contribution in [0.4, 0.5) is 0 Å². The van der Waals surface area contributed by atoms with E-state index >= 15 is 0 Å². The number of nitrogens with one attached hydrogen (secondary N) is 1. The Hall–Kier alpha value is -3.75. The molecule has 39 heavy (non-hydrogen) atoms. The Morgan fingerprint density at radius 2 is 1.59 bits per heavy atom. The topological polar surface area (TPSA) is 109 Å². The fourth-order valence-electron chi connectivity index (χ4n) is 4.94. The summed E-state index contributed by atoms with van der Waals surface area (Å²) in [6, 6.07) is 6.49. The van der Waals surface area contributed by atoms with Crippen LogP contribution in [0.3, 0.4) is 0 Å². The Balaban J connectivity index is 1.89. The lowest BCUT2D eigenvalue weighted by Gasteiger charge is -2.20. The van der Waals surface area contributed by atoms with Gasteiger partial charge in [0, 0.05) is 18.4 Å². The Kier molecular flexibility index (Phi) is 10.6. The van der Waals surface area contributed by atoms with Crippen LogP contribution in [0.15, 0.2) is 29.1 Å². The van der Waals surface area contributed by atoms with Crippen molar-refractivity contribution in [1.82, 2.24) is 5.32 Å². The van der Waals surface area contributed by atoms with E-state index in [-0.39, 0.29) is 29.2 Å². The van der Waals surface area contributed by atoms with Crippen LogP contribution in [0.1, 0.15) is 69.5 Å². The van der Waals surface area contributed by atoms with Gasteiger partial charge in [0.1, 0.15) is 0 Å². The summed E-state index contributed by atoms with van der Waals surface area (Å²) in [5, 5.41) is 3.14. The summed E-state index contributed by atoms with van der Waals surface area (Å²) in [6.45, 7) is 3.64. The van der Waals surface area contributed by atoms with Gasteiger partial charge in [-0.3, -0.25) is 14.4 Å². The number of aryl methyl sites for hydroxylation is 1. The molecule has 2 aromatic carbocycles. The van der Waals surface area contributed by atoms with Gasteiger partial charge in [0.25, 0.3) is 0 Å². The monoisotopic (exact) mass is 541 g/mol. The maximum absolute atomic E-state index is 13.0. The normalized spacial score (nSPS) is 14.0. The smallest absolute Gasteiger partial charge is 0.306 e. The lowest BCUT2D eigenvalue weighted by atomic mass is 9.95. The standard InChI is InChI=1S/C30H39NO8/c1-18(2)39-27(34)11-9-7-8-10-26(33)31-22-14-12-19-16-25(36-4)29(37-5)30(38-6)28(19)20-13-15-24(35-3)23(32)17-21(20)22/h13,15-18,22H,7-12,14H2,1-6H3,(H,31,33)/t22-/m0/s1. The van der Waals surface area contributed by atoms with Crippen LogP contribution < -0.4 is 29.7 Å². The van der Waals surface area contributed by atoms with E-state index in [4.69, 9.17) is 23.7 Å². The zero-order chi connectivity index (χ0) is 28.5. The lowest BCUT2D eigenvalue weighted by Crippen LogP contribution is -2.28. The maximum atomic E-state index is 13.0. The second-order valence-electron chi connectivity index (χ2n) is 9.72. The van der Waals surface area contributed by atoms with Crippen molar-refractivity contribution in [3.63, 3.8) is 0 Å². The number of hydrogen-bond acceptors (Lipinski definition) is 8. The summed E-state index contributed by atoms with van der Waals surface area (Å²) in [7, 11) is 6.13. The lowest BCUT2D eigenvalue weighted by molar-refractivity contribution is -0.147. The highest BCUT2D eigenvalue weighted by molar-refractivity contribution is 5.83. The number of esters is 1. The Morgan fingerprint density at radius 1 is 0.897 bits per heavy atom. The zero-order valence-electron chi connectivity index (χ0n) is 23.7. The first-order valence-corrected chi connectivity index (χ1v) is 13.3. The molecule has 2 aromatic rings. The summed E-state index contributed by atoms with van der Waals surface area (Å²) in [6.07, 6.45) is 3.75. The molecule has 212 valence electrons. The quantitative estimate of drug-likeness (QED) is 0.303. The van der Waals surface area contributed by atoms with Crippen LogP contribution in [0.5, 0.6) is 23.0 Å². The van der Waals surface area contributed by atoms with Gasteiger partial charge in [-0.25, -0.2) is 0 Å². The molecule has 0 unspecified atom stereocenters. The summed E-state index contributed by atoms with van der Waals surface area (Å²) in [5.74, 6) is 1.35. The first kappa shape index (κ1) is 29.8. The van der Waals surface area contributed by atoms with Gasteiger partial charge in [-0.2, -0.15) is 0 Å². The highest BCUT2D eigenvalue weighted by atomic mass is 16.5. The second-order valence-corrected chi connectivity index (χ2v) is 9.72. The molecule has 0 radical (unpaired) electrons. The SMILES string of the molecule is COc1cc2c(c(OC)c1OC)-c1ccc(OC)c(=O)cc1[C@@H](NC(=O)CCCCCC(=O)OC(C)C)CC2. The largest absolute Gasteiger partial charge is 0.493 e. The molecule has 1 aliphatic carbocycles. The zero-order valence-corrected chi connectivity index (χ0v) is 23.7. The molecule has 0 bridgehead atoms. The van der Waals surface area contributed by atoms with Crippen LogP contribution in [0.2, 0.25) is 0 Å². The van der Waals surface area contributed by atoms with Gasteiger partial charge in [0.15, 0.2) is 17.2 Å². The number of rotatable bonds is 12. The van der Waals surface area contributed by atoms with Crippen molar-refractivity contribution < 1.29 is 33.3 Å². The van der Waals surface area contributed by atoms with Gasteiger partial charge in [-0.05, 0) is 74.4 Å². The van der Waals surface area contributed by atoms with E-state index in [0.29, 0.717) is 61.3 Å². The Labute approximate surface area is 229 Å². The van der Waals surface area contributed by atoms with Crippen molar-refractivity contribution in [2.45, 2.75) is 70.9 Å². The highest BCUT2D eigenvalue weighted by Gasteiger charge is 2.29. The van der Waals surface area contributed by atoms with E-state index in [1.54, 1.807) is 27.4 Å². The number of methoxy groups -OCH3 is 4. The van der Waals surface area contributed by atoms with E-state index in [1.165, 1.54) is 13.2 Å². The summed E-state index contributed by atoms with van der Waals surface area (Å²) in [4.78, 5) is 37.7. The molecule has 0 saturated heterocycles. The van der Waals surface area contributed by atoms with Crippen molar-refractivity contribution >= 4 is 11.9 Å². The van der Waals surface area contributed by atoms with Crippen molar-refractivity contribution in [2.24, 2.45) is 0 Å². The fraction of sp³-hybridized carbons (Fsp3) is 0.500. The third-order valence-corrected chi connectivity index (χ3v) is 6.71. The van der Waals surface area contributed by atoms with Gasteiger partial charge in [0.05, 0.1) is 40.6 Å². The third kappa shape index (κ3) is 7.22. The molecule has 0 spiro atoms. The molecular formula is C30H39NO8. The molecule has 0 heterocycles. The van der Waals surface area contributed by atoms with Crippen LogP contribution in [0.25, 0.3) is 11.1 Å². The first-order valence-electron chi connectivity index (χ1n) is 13.3. The van der Waals surface area contributed by atoms with Crippen LogP contribution >= 0.6 is 0 Å². The summed E-state index contributed by atoms with van der Waals surface area (Å²) in [5.41, 5.74) is 2.88. The number of amides is 1. The molecule has 9 heteroatoms. The predicted octanol–water partition coefficient (Wildman–Crippen LogP) is 4.75. The second kappa shape index (κ2) is 13.9. The minimum absolute atomic E-state index is 0.116. The van der Waals surface area contributed by atoms with Gasteiger partial charge in [-0.15, -0.1) is 0 Å². The molecule has 1 aliphatic rings. The van der Waals surface area contributed by atoms with Crippen LogP contribution in [-0.4, -0.2) is 46.4 Å². The van der Waals surface area contributed by atoms with Gasteiger partial charge in [0.2, 0.25) is 17.1 Å². The van der Waals surface area contributed by atoms with Crippen molar-refractivity contribution in [1.29, 1.82) is 0 Å². The van der Waals surface area contributed by atoms with E-state index in [9.17, 15) is 14.4 Å². The number of hydrogen-bond donors (Lipinski definition) is 1. The molecule has 0 aromatic heterocycles. The average Bonchev–Trinajstić information content (AvgIpc) is 3.15. The molecule has 9 nitrogen and oxygen atoms in total. The number of unbranched alkanes of at least 4 members (excludes halogenated alkanes) is 2. The molecule has 0 saturated carbocycles. The number of benzene rings is 1. The molecule has 1 atom stereocenters. The minimum Gasteiger partial charge on any atom is -0.493 e. The van der Waals surface area contributed by atoms with E-state index in [0.717, 1.165) is 23.1 Å². The Bertz CT molecular complexity index is 1240. The number of fused-ring (bicyclic) bond motifs is 3.